The van der Waals surface area contributed by atoms with Crippen molar-refractivity contribution in [3.8, 4) is 11.3 Å². The van der Waals surface area contributed by atoms with Crippen molar-refractivity contribution in [2.24, 2.45) is 0 Å². The van der Waals surface area contributed by atoms with E-state index in [0.29, 0.717) is 32.0 Å². The lowest BCUT2D eigenvalue weighted by molar-refractivity contribution is 0.0847. The maximum atomic E-state index is 13.7. The van der Waals surface area contributed by atoms with Crippen LogP contribution in [-0.2, 0) is 27.9 Å². The van der Waals surface area contributed by atoms with E-state index in [0.717, 1.165) is 45.7 Å². The topological polar surface area (TPSA) is 113 Å². The highest BCUT2D eigenvalue weighted by Gasteiger charge is 2.32. The lowest BCUT2D eigenvalue weighted by atomic mass is 9.81. The number of fused-ring (bicyclic) bond motifs is 5. The molecule has 1 fully saturated rings. The fourth-order valence-electron chi connectivity index (χ4n) is 6.84. The summed E-state index contributed by atoms with van der Waals surface area (Å²) >= 11 is 0. The van der Waals surface area contributed by atoms with E-state index in [1.54, 1.807) is 13.2 Å². The van der Waals surface area contributed by atoms with Gasteiger partial charge in [-0.3, -0.25) is 4.79 Å². The lowest BCUT2D eigenvalue weighted by Crippen LogP contribution is -2.49. The largest absolute Gasteiger partial charge is 0.380 e. The number of carbonyl (C=O) groups is 2. The zero-order valence-corrected chi connectivity index (χ0v) is 28.0. The Morgan fingerprint density at radius 2 is 1.82 bits per heavy atom. The van der Waals surface area contributed by atoms with E-state index in [1.807, 2.05) is 30.0 Å². The van der Waals surface area contributed by atoms with Crippen LogP contribution in [0.2, 0.25) is 0 Å². The maximum Gasteiger partial charge on any atom is 0.317 e. The molecule has 10 nitrogen and oxygen atoms in total. The van der Waals surface area contributed by atoms with Crippen molar-refractivity contribution < 1.29 is 22.7 Å². The Bertz CT molecular complexity index is 1640. The van der Waals surface area contributed by atoms with Gasteiger partial charge >= 0.3 is 16.2 Å². The van der Waals surface area contributed by atoms with Gasteiger partial charge in [-0.1, -0.05) is 56.5 Å². The Kier molecular flexibility index (Phi) is 10.2. The van der Waals surface area contributed by atoms with Crippen LogP contribution < -0.4 is 10.0 Å². The number of hydrogen-bond acceptors (Lipinski definition) is 5. The second kappa shape index (κ2) is 13.9. The standard InChI is InChI=1S/C34H47N5O5S/c1-6-18-38(21-23(2)44-5)34(41)35-27-19-25-14-10-11-15-28(25)32-31(24-12-8-7-9-13-24)29-17-16-26(20-30(29)39(32)22-27)33(40)36-45(42,43)37(3)4/h10-11,14-17,20,23-24,27H,6-9,12-13,18-19,21-22H2,1-5H3,(H,35,41)(H,36,40)/t23-,27?/m0/s1. The summed E-state index contributed by atoms with van der Waals surface area (Å²) in [4.78, 5) is 28.7. The molecule has 1 aliphatic heterocycles. The second-order valence-electron chi connectivity index (χ2n) is 12.7. The summed E-state index contributed by atoms with van der Waals surface area (Å²) in [5.41, 5.74) is 5.88. The molecule has 5 rings (SSSR count). The molecule has 3 amide bonds. The predicted molar refractivity (Wildman–Crippen MR) is 178 cm³/mol. The molecular formula is C34H47N5O5S. The van der Waals surface area contributed by atoms with Crippen LogP contribution in [0.3, 0.4) is 0 Å². The summed E-state index contributed by atoms with van der Waals surface area (Å²) in [6.07, 6.45) is 7.19. The molecule has 2 aromatic carbocycles. The molecule has 2 N–H and O–H groups in total. The quantitative estimate of drug-likeness (QED) is 0.315. The van der Waals surface area contributed by atoms with Crippen molar-refractivity contribution in [3.05, 3.63) is 59.2 Å². The molecule has 0 radical (unpaired) electrons. The number of ether oxygens (including phenoxy) is 1. The highest BCUT2D eigenvalue weighted by Crippen LogP contribution is 2.46. The number of benzene rings is 2. The molecule has 1 saturated carbocycles. The minimum atomic E-state index is -3.95. The summed E-state index contributed by atoms with van der Waals surface area (Å²) in [7, 11) is 0.462. The van der Waals surface area contributed by atoms with Crippen LogP contribution in [-0.4, -0.2) is 80.6 Å². The molecule has 11 heteroatoms. The first-order valence-electron chi connectivity index (χ1n) is 16.1. The van der Waals surface area contributed by atoms with Crippen molar-refractivity contribution in [2.75, 3.05) is 34.3 Å². The van der Waals surface area contributed by atoms with Gasteiger partial charge in [0.25, 0.3) is 5.91 Å². The first-order valence-corrected chi connectivity index (χ1v) is 17.5. The van der Waals surface area contributed by atoms with E-state index in [-0.39, 0.29) is 23.7 Å². The van der Waals surface area contributed by atoms with Crippen molar-refractivity contribution in [1.82, 2.24) is 23.8 Å². The molecule has 1 aliphatic carbocycles. The highest BCUT2D eigenvalue weighted by atomic mass is 32.2. The van der Waals surface area contributed by atoms with Gasteiger partial charge < -0.3 is 19.5 Å². The van der Waals surface area contributed by atoms with E-state index < -0.39 is 16.1 Å². The second-order valence-corrected chi connectivity index (χ2v) is 14.5. The Morgan fingerprint density at radius 1 is 1.09 bits per heavy atom. The van der Waals surface area contributed by atoms with Gasteiger partial charge in [0.05, 0.1) is 17.8 Å². The SMILES string of the molecule is CCCN(C[C@H](C)OC)C(=O)NC1Cc2ccccc2-c2c(C3CCCCC3)c3ccc(C(=O)NS(=O)(=O)N(C)C)cc3n2C1. The van der Waals surface area contributed by atoms with Gasteiger partial charge in [-0.05, 0) is 61.8 Å². The van der Waals surface area contributed by atoms with Crippen LogP contribution in [0.15, 0.2) is 42.5 Å². The maximum absolute atomic E-state index is 13.7. The molecule has 1 aromatic heterocycles. The number of hydrogen-bond donors (Lipinski definition) is 2. The summed E-state index contributed by atoms with van der Waals surface area (Å²) < 4.78 is 35.8. The number of rotatable bonds is 10. The van der Waals surface area contributed by atoms with Gasteiger partial charge in [-0.25, -0.2) is 9.52 Å². The van der Waals surface area contributed by atoms with Crippen LogP contribution in [0.25, 0.3) is 22.2 Å². The van der Waals surface area contributed by atoms with Crippen molar-refractivity contribution in [2.45, 2.75) is 83.4 Å². The number of carbonyl (C=O) groups excluding carboxylic acids is 2. The molecule has 3 aromatic rings. The van der Waals surface area contributed by atoms with Crippen molar-refractivity contribution in [3.63, 3.8) is 0 Å². The van der Waals surface area contributed by atoms with Gasteiger partial charge in [-0.2, -0.15) is 12.7 Å². The minimum Gasteiger partial charge on any atom is -0.380 e. The van der Waals surface area contributed by atoms with Crippen LogP contribution in [0.5, 0.6) is 0 Å². The summed E-state index contributed by atoms with van der Waals surface area (Å²) in [5.74, 6) is -0.303. The first-order chi connectivity index (χ1) is 21.5. The van der Waals surface area contributed by atoms with Crippen LogP contribution in [0.4, 0.5) is 4.79 Å². The smallest absolute Gasteiger partial charge is 0.317 e. The van der Waals surface area contributed by atoms with Gasteiger partial charge in [0, 0.05) is 62.9 Å². The molecule has 2 atom stereocenters. The Labute approximate surface area is 267 Å². The van der Waals surface area contributed by atoms with E-state index in [1.165, 1.54) is 44.5 Å². The molecule has 2 aliphatic rings. The minimum absolute atomic E-state index is 0.0870. The highest BCUT2D eigenvalue weighted by molar-refractivity contribution is 7.87. The van der Waals surface area contributed by atoms with E-state index in [4.69, 9.17) is 4.74 Å². The van der Waals surface area contributed by atoms with Crippen molar-refractivity contribution >= 4 is 33.1 Å². The molecular weight excluding hydrogens is 590 g/mol. The molecule has 45 heavy (non-hydrogen) atoms. The molecule has 244 valence electrons. The summed E-state index contributed by atoms with van der Waals surface area (Å²) in [5, 5.41) is 4.41. The Balaban J connectivity index is 1.62. The summed E-state index contributed by atoms with van der Waals surface area (Å²) in [6.45, 7) is 5.65. The third-order valence-electron chi connectivity index (χ3n) is 9.21. The Hall–Kier alpha value is -3.41. The van der Waals surface area contributed by atoms with E-state index >= 15 is 0 Å². The summed E-state index contributed by atoms with van der Waals surface area (Å²) in [6, 6.07) is 13.6. The average Bonchev–Trinajstić information content (AvgIpc) is 3.24. The average molecular weight is 638 g/mol. The van der Waals surface area contributed by atoms with Gasteiger partial charge in [0.2, 0.25) is 0 Å². The number of urea groups is 1. The van der Waals surface area contributed by atoms with E-state index in [2.05, 4.69) is 39.7 Å². The van der Waals surface area contributed by atoms with Crippen LogP contribution in [0, 0.1) is 0 Å². The monoisotopic (exact) mass is 637 g/mol. The number of aromatic nitrogens is 1. The van der Waals surface area contributed by atoms with Crippen molar-refractivity contribution in [1.29, 1.82) is 0 Å². The Morgan fingerprint density at radius 3 is 2.51 bits per heavy atom. The number of amides is 3. The van der Waals surface area contributed by atoms with Crippen LogP contribution in [0.1, 0.15) is 79.8 Å². The third-order valence-corrected chi connectivity index (χ3v) is 10.6. The van der Waals surface area contributed by atoms with Gasteiger partial charge in [-0.15, -0.1) is 0 Å². The fraction of sp³-hybridized carbons (Fsp3) is 0.529. The zero-order valence-electron chi connectivity index (χ0n) is 27.1. The van der Waals surface area contributed by atoms with Gasteiger partial charge in [0.1, 0.15) is 0 Å². The number of nitrogens with zero attached hydrogens (tertiary/aromatic N) is 3. The van der Waals surface area contributed by atoms with Gasteiger partial charge in [0.15, 0.2) is 0 Å². The van der Waals surface area contributed by atoms with Crippen LogP contribution >= 0.6 is 0 Å². The molecule has 0 bridgehead atoms. The molecule has 0 spiro atoms. The normalized spacial score (nSPS) is 17.8. The molecule has 1 unspecified atom stereocenters. The molecule has 2 heterocycles. The lowest BCUT2D eigenvalue weighted by Gasteiger charge is -2.28. The fourth-order valence-corrected chi connectivity index (χ4v) is 7.38. The number of methoxy groups -OCH3 is 1. The molecule has 0 saturated heterocycles. The first kappa shape index (κ1) is 33.0. The number of nitrogens with one attached hydrogen (secondary N) is 2. The van der Waals surface area contributed by atoms with E-state index in [9.17, 15) is 18.0 Å². The predicted octanol–water partition coefficient (Wildman–Crippen LogP) is 5.27. The zero-order chi connectivity index (χ0) is 32.3. The third kappa shape index (κ3) is 7.05.